The highest BCUT2D eigenvalue weighted by molar-refractivity contribution is 7.99. The minimum Gasteiger partial charge on any atom is -0.497 e. The highest BCUT2D eigenvalue weighted by atomic mass is 35.5. The molecule has 1 N–H and O–H groups in total. The number of nitrogens with one attached hydrogen (secondary N) is 1. The molecule has 0 saturated heterocycles. The Bertz CT molecular complexity index is 861. The summed E-state index contributed by atoms with van der Waals surface area (Å²) >= 11 is 7.59. The fourth-order valence-electron chi connectivity index (χ4n) is 3.32. The number of carbonyl (C=O) groups is 2. The summed E-state index contributed by atoms with van der Waals surface area (Å²) in [6.45, 7) is 5.03. The summed E-state index contributed by atoms with van der Waals surface area (Å²) < 4.78 is 5.23. The van der Waals surface area contributed by atoms with E-state index in [1.807, 2.05) is 55.5 Å². The van der Waals surface area contributed by atoms with Gasteiger partial charge >= 0.3 is 0 Å². The highest BCUT2D eigenvalue weighted by Gasteiger charge is 2.28. The molecule has 5 nitrogen and oxygen atoms in total. The van der Waals surface area contributed by atoms with Crippen LogP contribution in [0.4, 0.5) is 0 Å². The van der Waals surface area contributed by atoms with E-state index in [0.29, 0.717) is 36.0 Å². The van der Waals surface area contributed by atoms with E-state index in [1.165, 1.54) is 11.8 Å². The standard InChI is InChI=1S/C25H33ClN2O3S/c1-4-6-14-27-25(30)23(5-2)28(16-19-10-12-22(31-3)13-11-19)24(29)18-32-17-20-8-7-9-21(26)15-20/h7-13,15,23H,4-6,14,16-18H2,1-3H3,(H,27,30)/t23-/m0/s1. The molecule has 1 atom stereocenters. The van der Waals surface area contributed by atoms with Crippen molar-refractivity contribution in [3.8, 4) is 5.75 Å². The fourth-order valence-corrected chi connectivity index (χ4v) is 4.39. The van der Waals surface area contributed by atoms with Crippen LogP contribution >= 0.6 is 23.4 Å². The third-order valence-corrected chi connectivity index (χ3v) is 6.33. The van der Waals surface area contributed by atoms with E-state index in [2.05, 4.69) is 12.2 Å². The van der Waals surface area contributed by atoms with Gasteiger partial charge in [0.2, 0.25) is 11.8 Å². The number of hydrogen-bond acceptors (Lipinski definition) is 4. The summed E-state index contributed by atoms with van der Waals surface area (Å²) in [6, 6.07) is 14.7. The van der Waals surface area contributed by atoms with Gasteiger partial charge in [-0.15, -0.1) is 11.8 Å². The Morgan fingerprint density at radius 3 is 2.50 bits per heavy atom. The molecule has 32 heavy (non-hydrogen) atoms. The van der Waals surface area contributed by atoms with Crippen LogP contribution in [0.3, 0.4) is 0 Å². The average Bonchev–Trinajstić information content (AvgIpc) is 2.79. The van der Waals surface area contributed by atoms with Gasteiger partial charge in [-0.2, -0.15) is 0 Å². The van der Waals surface area contributed by atoms with Gasteiger partial charge in [-0.05, 0) is 48.2 Å². The van der Waals surface area contributed by atoms with Crippen molar-refractivity contribution in [3.63, 3.8) is 0 Å². The SMILES string of the molecule is CCCCNC(=O)[C@H](CC)N(Cc1ccc(OC)cc1)C(=O)CSCc1cccc(Cl)c1. The first-order valence-electron chi connectivity index (χ1n) is 11.0. The lowest BCUT2D eigenvalue weighted by Crippen LogP contribution is -2.49. The first-order valence-corrected chi connectivity index (χ1v) is 12.5. The predicted molar refractivity (Wildman–Crippen MR) is 133 cm³/mol. The van der Waals surface area contributed by atoms with Crippen LogP contribution in [0.15, 0.2) is 48.5 Å². The minimum atomic E-state index is -0.506. The number of ether oxygens (including phenoxy) is 1. The van der Waals surface area contributed by atoms with E-state index in [-0.39, 0.29) is 11.8 Å². The second kappa shape index (κ2) is 14.1. The van der Waals surface area contributed by atoms with Crippen LogP contribution in [0.5, 0.6) is 5.75 Å². The second-order valence-corrected chi connectivity index (χ2v) is 8.98. The van der Waals surface area contributed by atoms with Crippen LogP contribution in [0, 0.1) is 0 Å². The number of carbonyl (C=O) groups excluding carboxylic acids is 2. The van der Waals surface area contributed by atoms with E-state index in [9.17, 15) is 9.59 Å². The second-order valence-electron chi connectivity index (χ2n) is 7.56. The van der Waals surface area contributed by atoms with Crippen LogP contribution < -0.4 is 10.1 Å². The Balaban J connectivity index is 2.10. The van der Waals surface area contributed by atoms with Crippen molar-refractivity contribution in [1.82, 2.24) is 10.2 Å². The Kier molecular flexibility index (Phi) is 11.5. The van der Waals surface area contributed by atoms with Crippen molar-refractivity contribution in [2.45, 2.75) is 51.4 Å². The molecule has 0 aliphatic carbocycles. The summed E-state index contributed by atoms with van der Waals surface area (Å²) in [5.41, 5.74) is 2.03. The summed E-state index contributed by atoms with van der Waals surface area (Å²) in [5, 5.41) is 3.67. The zero-order valence-electron chi connectivity index (χ0n) is 19.1. The van der Waals surface area contributed by atoms with Crippen molar-refractivity contribution in [2.75, 3.05) is 19.4 Å². The molecule has 7 heteroatoms. The topological polar surface area (TPSA) is 58.6 Å². The first kappa shape index (κ1) is 26.1. The quantitative estimate of drug-likeness (QED) is 0.398. The molecule has 0 spiro atoms. The molecule has 0 aromatic heterocycles. The van der Waals surface area contributed by atoms with Crippen molar-refractivity contribution in [1.29, 1.82) is 0 Å². The predicted octanol–water partition coefficient (Wildman–Crippen LogP) is 5.31. The highest BCUT2D eigenvalue weighted by Crippen LogP contribution is 2.20. The molecule has 0 heterocycles. The lowest BCUT2D eigenvalue weighted by molar-refractivity contribution is -0.139. The Labute approximate surface area is 200 Å². The molecule has 0 saturated carbocycles. The molecular formula is C25H33ClN2O3S. The number of amides is 2. The Morgan fingerprint density at radius 1 is 1.12 bits per heavy atom. The number of benzene rings is 2. The van der Waals surface area contributed by atoms with Crippen LogP contribution in [-0.4, -0.2) is 42.2 Å². The molecule has 0 aliphatic rings. The number of thioether (sulfide) groups is 1. The van der Waals surface area contributed by atoms with E-state index >= 15 is 0 Å². The maximum Gasteiger partial charge on any atom is 0.242 e. The van der Waals surface area contributed by atoms with Gasteiger partial charge in [0.1, 0.15) is 11.8 Å². The zero-order valence-corrected chi connectivity index (χ0v) is 20.7. The molecule has 0 unspecified atom stereocenters. The van der Waals surface area contributed by atoms with Gasteiger partial charge in [0.15, 0.2) is 0 Å². The normalized spacial score (nSPS) is 11.6. The summed E-state index contributed by atoms with van der Waals surface area (Å²) in [7, 11) is 1.62. The lowest BCUT2D eigenvalue weighted by Gasteiger charge is -2.30. The van der Waals surface area contributed by atoms with Gasteiger partial charge in [0.25, 0.3) is 0 Å². The van der Waals surface area contributed by atoms with Crippen molar-refractivity contribution in [2.24, 2.45) is 0 Å². The Hall–Kier alpha value is -2.18. The number of rotatable bonds is 13. The van der Waals surface area contributed by atoms with E-state index < -0.39 is 6.04 Å². The fraction of sp³-hybridized carbons (Fsp3) is 0.440. The van der Waals surface area contributed by atoms with Gasteiger partial charge in [0.05, 0.1) is 12.9 Å². The van der Waals surface area contributed by atoms with E-state index in [4.69, 9.17) is 16.3 Å². The van der Waals surface area contributed by atoms with Crippen LogP contribution in [0.2, 0.25) is 5.02 Å². The molecular weight excluding hydrogens is 444 g/mol. The van der Waals surface area contributed by atoms with E-state index in [1.54, 1.807) is 12.0 Å². The molecule has 2 aromatic rings. The van der Waals surface area contributed by atoms with Crippen molar-refractivity contribution in [3.05, 3.63) is 64.7 Å². The van der Waals surface area contributed by atoms with Crippen LogP contribution in [0.1, 0.15) is 44.2 Å². The zero-order chi connectivity index (χ0) is 23.3. The molecule has 0 fully saturated rings. The maximum absolute atomic E-state index is 13.2. The smallest absolute Gasteiger partial charge is 0.242 e. The molecule has 2 amide bonds. The van der Waals surface area contributed by atoms with Crippen LogP contribution in [0.25, 0.3) is 0 Å². The van der Waals surface area contributed by atoms with Gasteiger partial charge in [0, 0.05) is 23.9 Å². The molecule has 0 bridgehead atoms. The van der Waals surface area contributed by atoms with Gasteiger partial charge in [-0.3, -0.25) is 9.59 Å². The first-order chi connectivity index (χ1) is 15.5. The summed E-state index contributed by atoms with van der Waals surface area (Å²) in [4.78, 5) is 27.8. The molecule has 0 aliphatic heterocycles. The number of unbranched alkanes of at least 4 members (excludes halogenated alkanes) is 1. The monoisotopic (exact) mass is 476 g/mol. The number of nitrogens with zero attached hydrogens (tertiary/aromatic N) is 1. The minimum absolute atomic E-state index is 0.0506. The number of halogens is 1. The third kappa shape index (κ3) is 8.40. The largest absolute Gasteiger partial charge is 0.497 e. The molecule has 0 radical (unpaired) electrons. The lowest BCUT2D eigenvalue weighted by atomic mass is 10.1. The van der Waals surface area contributed by atoms with Crippen molar-refractivity contribution >= 4 is 35.2 Å². The van der Waals surface area contributed by atoms with Crippen molar-refractivity contribution < 1.29 is 14.3 Å². The molecule has 2 rings (SSSR count). The van der Waals surface area contributed by atoms with Gasteiger partial charge in [-0.1, -0.05) is 56.1 Å². The van der Waals surface area contributed by atoms with E-state index in [0.717, 1.165) is 29.7 Å². The summed E-state index contributed by atoms with van der Waals surface area (Å²) in [5.74, 6) is 1.59. The van der Waals surface area contributed by atoms with Crippen LogP contribution in [-0.2, 0) is 21.9 Å². The molecule has 2 aromatic carbocycles. The summed E-state index contributed by atoms with van der Waals surface area (Å²) in [6.07, 6.45) is 2.48. The Morgan fingerprint density at radius 2 is 1.88 bits per heavy atom. The average molecular weight is 477 g/mol. The number of methoxy groups -OCH3 is 1. The van der Waals surface area contributed by atoms with Gasteiger partial charge in [-0.25, -0.2) is 0 Å². The molecule has 174 valence electrons. The van der Waals surface area contributed by atoms with Gasteiger partial charge < -0.3 is 15.0 Å². The maximum atomic E-state index is 13.2. The third-order valence-electron chi connectivity index (χ3n) is 5.11. The number of hydrogen-bond donors (Lipinski definition) is 1.